The highest BCUT2D eigenvalue weighted by Crippen LogP contribution is 2.35. The molecule has 0 saturated carbocycles. The van der Waals surface area contributed by atoms with Crippen LogP contribution in [0.2, 0.25) is 10.0 Å². The molecule has 0 heterocycles. The van der Waals surface area contributed by atoms with Crippen molar-refractivity contribution in [2.75, 3.05) is 0 Å². The van der Waals surface area contributed by atoms with E-state index in [-0.39, 0.29) is 0 Å². The maximum atomic E-state index is 9.07. The van der Waals surface area contributed by atoms with Gasteiger partial charge in [0.1, 0.15) is 0 Å². The second-order valence-corrected chi connectivity index (χ2v) is 8.24. The summed E-state index contributed by atoms with van der Waals surface area (Å²) in [5, 5.41) is 10.4. The maximum Gasteiger partial charge on any atom is 0.0991 e. The van der Waals surface area contributed by atoms with E-state index in [0.717, 1.165) is 23.5 Å². The van der Waals surface area contributed by atoms with Crippen LogP contribution in [0.4, 0.5) is 0 Å². The summed E-state index contributed by atoms with van der Waals surface area (Å²) in [5.74, 6) is 1.15. The normalized spacial score (nSPS) is 10.8. The molecule has 0 saturated heterocycles. The molecule has 1 nitrogen and oxygen atoms in total. The first-order chi connectivity index (χ1) is 15.1. The predicted molar refractivity (Wildman–Crippen MR) is 129 cm³/mol. The van der Waals surface area contributed by atoms with Crippen LogP contribution in [0.1, 0.15) is 22.3 Å². The fourth-order valence-corrected chi connectivity index (χ4v) is 4.38. The van der Waals surface area contributed by atoms with Crippen LogP contribution in [0, 0.1) is 17.2 Å². The molecule has 0 bridgehead atoms. The van der Waals surface area contributed by atoms with Gasteiger partial charge < -0.3 is 0 Å². The van der Waals surface area contributed by atoms with Crippen LogP contribution in [-0.2, 0) is 12.8 Å². The molecule has 0 atom stereocenters. The largest absolute Gasteiger partial charge is 0.192 e. The molecule has 0 aliphatic heterocycles. The number of nitriles is 1. The van der Waals surface area contributed by atoms with E-state index >= 15 is 0 Å². The van der Waals surface area contributed by atoms with Crippen molar-refractivity contribution >= 4 is 23.2 Å². The molecule has 0 unspecified atom stereocenters. The van der Waals surface area contributed by atoms with Crippen LogP contribution >= 0.6 is 23.2 Å². The predicted octanol–water partition coefficient (Wildman–Crippen LogP) is 7.94. The Balaban J connectivity index is 1.63. The minimum absolute atomic E-state index is 0.650. The molecule has 0 aliphatic rings. The van der Waals surface area contributed by atoms with Crippen LogP contribution in [0.15, 0.2) is 97.1 Å². The molecule has 3 heteroatoms. The molecule has 0 fully saturated rings. The van der Waals surface area contributed by atoms with E-state index in [1.165, 1.54) is 16.7 Å². The van der Waals surface area contributed by atoms with Crippen molar-refractivity contribution in [1.82, 2.24) is 0 Å². The molecule has 4 aromatic rings. The summed E-state index contributed by atoms with van der Waals surface area (Å²) in [5.41, 5.74) is 6.24. The summed E-state index contributed by atoms with van der Waals surface area (Å²) in [6.45, 7) is 0. The van der Waals surface area contributed by atoms with Gasteiger partial charge in [-0.25, -0.2) is 0 Å². The van der Waals surface area contributed by atoms with Gasteiger partial charge in [0.15, 0.2) is 0 Å². The van der Waals surface area contributed by atoms with Gasteiger partial charge in [-0.1, -0.05) is 96.0 Å². The summed E-state index contributed by atoms with van der Waals surface area (Å²) in [4.78, 5) is 0. The minimum atomic E-state index is 0.650. The fourth-order valence-electron chi connectivity index (χ4n) is 3.71. The van der Waals surface area contributed by atoms with Gasteiger partial charge in [-0.2, -0.15) is 5.26 Å². The van der Waals surface area contributed by atoms with Gasteiger partial charge in [-0.05, 0) is 64.9 Å². The van der Waals surface area contributed by atoms with Gasteiger partial charge in [0, 0.05) is 16.0 Å². The van der Waals surface area contributed by atoms with Crippen molar-refractivity contribution < 1.29 is 0 Å². The highest BCUT2D eigenvalue weighted by molar-refractivity contribution is 6.36. The third-order valence-electron chi connectivity index (χ3n) is 5.30. The number of benzene rings is 4. The number of hydrogen-bond donors (Lipinski definition) is 0. The monoisotopic (exact) mass is 440 g/mol. The average Bonchev–Trinajstić information content (AvgIpc) is 2.80. The molecule has 151 valence electrons. The van der Waals surface area contributed by atoms with Crippen molar-refractivity contribution in [3.05, 3.63) is 135 Å². The summed E-state index contributed by atoms with van der Waals surface area (Å²) in [6, 6.07) is 34.4. The molecule has 0 aliphatic carbocycles. The lowest BCUT2D eigenvalue weighted by molar-refractivity contribution is 0.898. The molecule has 0 amide bonds. The minimum Gasteiger partial charge on any atom is -0.192 e. The van der Waals surface area contributed by atoms with Crippen LogP contribution < -0.4 is 0 Å². The lowest BCUT2D eigenvalue weighted by Gasteiger charge is -2.20. The lowest BCUT2D eigenvalue weighted by atomic mass is 9.86. The van der Waals surface area contributed by atoms with Crippen LogP contribution in [-0.4, -0.2) is 0 Å². The molecule has 4 aromatic carbocycles. The Morgan fingerprint density at radius 2 is 1.13 bits per heavy atom. The second kappa shape index (κ2) is 9.84. The Morgan fingerprint density at radius 1 is 0.613 bits per heavy atom. The smallest absolute Gasteiger partial charge is 0.0991 e. The molecular weight excluding hydrogens is 421 g/mol. The number of hydrogen-bond acceptors (Lipinski definition) is 1. The Kier molecular flexibility index (Phi) is 6.73. The number of halogens is 2. The van der Waals surface area contributed by atoms with Gasteiger partial charge in [0.05, 0.1) is 11.6 Å². The number of rotatable bonds is 6. The summed E-state index contributed by atoms with van der Waals surface area (Å²) < 4.78 is 0. The Labute approximate surface area is 193 Å². The SMILES string of the molecule is N#Cc1ccc(C[C](Cc2ccc(-c3ccccc3)cc2)c2c(Cl)cccc2Cl)cc1. The fraction of sp³-hybridized carbons (Fsp3) is 0.0714. The quantitative estimate of drug-likeness (QED) is 0.298. The summed E-state index contributed by atoms with van der Waals surface area (Å²) in [7, 11) is 0. The van der Waals surface area contributed by atoms with Crippen molar-refractivity contribution in [2.45, 2.75) is 12.8 Å². The third kappa shape index (κ3) is 5.17. The first-order valence-electron chi connectivity index (χ1n) is 10.1. The number of nitrogens with zero attached hydrogens (tertiary/aromatic N) is 1. The summed E-state index contributed by atoms with van der Waals surface area (Å²) in [6.07, 6.45) is 1.44. The molecule has 31 heavy (non-hydrogen) atoms. The Morgan fingerprint density at radius 3 is 1.68 bits per heavy atom. The Hall–Kier alpha value is -3.05. The zero-order valence-electron chi connectivity index (χ0n) is 16.9. The Bertz CT molecular complexity index is 1170. The zero-order chi connectivity index (χ0) is 21.6. The van der Waals surface area contributed by atoms with E-state index < -0.39 is 0 Å². The van der Waals surface area contributed by atoms with Crippen molar-refractivity contribution in [3.63, 3.8) is 0 Å². The highest BCUT2D eigenvalue weighted by Gasteiger charge is 2.20. The lowest BCUT2D eigenvalue weighted by Crippen LogP contribution is -2.09. The molecule has 4 rings (SSSR count). The van der Waals surface area contributed by atoms with E-state index in [1.54, 1.807) is 0 Å². The maximum absolute atomic E-state index is 9.07. The van der Waals surface area contributed by atoms with Gasteiger partial charge in [0.25, 0.3) is 0 Å². The average molecular weight is 441 g/mol. The highest BCUT2D eigenvalue weighted by atomic mass is 35.5. The molecular formula is C28H20Cl2N. The summed E-state index contributed by atoms with van der Waals surface area (Å²) >= 11 is 13.1. The van der Waals surface area contributed by atoms with E-state index in [0.29, 0.717) is 22.0 Å². The van der Waals surface area contributed by atoms with Crippen LogP contribution in [0.25, 0.3) is 11.1 Å². The van der Waals surface area contributed by atoms with E-state index in [2.05, 4.69) is 42.5 Å². The van der Waals surface area contributed by atoms with Gasteiger partial charge in [0.2, 0.25) is 0 Å². The van der Waals surface area contributed by atoms with Crippen molar-refractivity contribution in [2.24, 2.45) is 0 Å². The van der Waals surface area contributed by atoms with Crippen molar-refractivity contribution in [3.8, 4) is 17.2 Å². The molecule has 0 N–H and O–H groups in total. The van der Waals surface area contributed by atoms with Gasteiger partial charge in [-0.15, -0.1) is 0 Å². The second-order valence-electron chi connectivity index (χ2n) is 7.43. The van der Waals surface area contributed by atoms with Gasteiger partial charge >= 0.3 is 0 Å². The van der Waals surface area contributed by atoms with E-state index in [9.17, 15) is 0 Å². The molecule has 0 aromatic heterocycles. The van der Waals surface area contributed by atoms with Crippen molar-refractivity contribution in [1.29, 1.82) is 5.26 Å². The first kappa shape index (κ1) is 21.2. The van der Waals surface area contributed by atoms with Crippen LogP contribution in [0.5, 0.6) is 0 Å². The zero-order valence-corrected chi connectivity index (χ0v) is 18.4. The van der Waals surface area contributed by atoms with E-state index in [1.807, 2.05) is 60.7 Å². The molecule has 1 radical (unpaired) electrons. The molecule has 0 spiro atoms. The third-order valence-corrected chi connectivity index (χ3v) is 5.93. The first-order valence-corrected chi connectivity index (χ1v) is 10.8. The van der Waals surface area contributed by atoms with Crippen LogP contribution in [0.3, 0.4) is 0 Å². The van der Waals surface area contributed by atoms with E-state index in [4.69, 9.17) is 28.5 Å². The topological polar surface area (TPSA) is 23.8 Å². The standard InChI is InChI=1S/C28H20Cl2N/c29-26-7-4-8-27(30)28(26)25(17-20-9-11-22(19-31)12-10-20)18-21-13-15-24(16-14-21)23-5-2-1-3-6-23/h1-16H,17-18H2. The van der Waals surface area contributed by atoms with Gasteiger partial charge in [-0.3, -0.25) is 0 Å².